The monoisotopic (exact) mass is 280 g/mol. The van der Waals surface area contributed by atoms with Crippen LogP contribution in [0, 0.1) is 17.8 Å². The molecule has 1 N–H and O–H groups in total. The zero-order valence-electron chi connectivity index (χ0n) is 13.2. The van der Waals surface area contributed by atoms with Gasteiger partial charge in [0.2, 0.25) is 0 Å². The fraction of sp³-hybridized carbons (Fsp3) is 0.667. The van der Waals surface area contributed by atoms with E-state index in [2.05, 4.69) is 22.9 Å². The molecule has 0 saturated carbocycles. The van der Waals surface area contributed by atoms with Crippen LogP contribution in [0.25, 0.3) is 0 Å². The smallest absolute Gasteiger partial charge is 0.408 e. The molecule has 0 bridgehead atoms. The summed E-state index contributed by atoms with van der Waals surface area (Å²) in [5.41, 5.74) is -2.45. The molecule has 0 aliphatic rings. The first-order chi connectivity index (χ1) is 8.85. The molecular weight excluding hydrogens is 256 g/mol. The van der Waals surface area contributed by atoms with Gasteiger partial charge in [0.1, 0.15) is 11.1 Å². The number of ether oxygens (including phenoxy) is 1. The summed E-state index contributed by atoms with van der Waals surface area (Å²) in [7, 11) is 0. The summed E-state index contributed by atoms with van der Waals surface area (Å²) >= 11 is 0. The maximum absolute atomic E-state index is 11.8. The van der Waals surface area contributed by atoms with Gasteiger partial charge < -0.3 is 10.1 Å². The molecule has 1 atom stereocenters. The van der Waals surface area contributed by atoms with Crippen LogP contribution in [0.3, 0.4) is 0 Å². The summed E-state index contributed by atoms with van der Waals surface area (Å²) < 4.78 is 5.17. The number of terminal acetylenes is 1. The van der Waals surface area contributed by atoms with Crippen molar-refractivity contribution in [3.05, 3.63) is 0 Å². The number of hydrogen-bond donors (Lipinski definition) is 1. The molecule has 20 heavy (non-hydrogen) atoms. The zero-order chi connectivity index (χ0) is 16.2. The summed E-state index contributed by atoms with van der Waals surface area (Å²) in [6.45, 7) is 13.6. The molecule has 0 radical (unpaired) electrons. The third-order valence-electron chi connectivity index (χ3n) is 2.61. The van der Waals surface area contributed by atoms with E-state index in [0.29, 0.717) is 0 Å². The molecule has 0 aliphatic heterocycles. The quantitative estimate of drug-likeness (QED) is 0.635. The van der Waals surface area contributed by atoms with E-state index < -0.39 is 22.6 Å². The normalized spacial score (nSPS) is 14.7. The van der Waals surface area contributed by atoms with Gasteiger partial charge in [-0.15, -0.1) is 6.42 Å². The van der Waals surface area contributed by atoms with Gasteiger partial charge in [-0.05, 0) is 40.8 Å². The Hall–Kier alpha value is -1.83. The lowest BCUT2D eigenvalue weighted by molar-refractivity contribution is -0.126. The molecule has 1 unspecified atom stereocenters. The molecule has 5 heteroatoms. The van der Waals surface area contributed by atoms with Crippen molar-refractivity contribution in [2.75, 3.05) is 0 Å². The Bertz CT molecular complexity index is 441. The van der Waals surface area contributed by atoms with E-state index in [4.69, 9.17) is 11.2 Å². The van der Waals surface area contributed by atoms with Crippen LogP contribution >= 0.6 is 0 Å². The highest BCUT2D eigenvalue weighted by Crippen LogP contribution is 2.29. The predicted octanol–water partition coefficient (Wildman–Crippen LogP) is 2.55. The first kappa shape index (κ1) is 18.2. The van der Waals surface area contributed by atoms with Gasteiger partial charge in [0.25, 0.3) is 5.91 Å². The lowest BCUT2D eigenvalue weighted by Crippen LogP contribution is -2.50. The highest BCUT2D eigenvalue weighted by molar-refractivity contribution is 5.86. The lowest BCUT2D eigenvalue weighted by atomic mass is 9.79. The van der Waals surface area contributed by atoms with Gasteiger partial charge in [0.15, 0.2) is 0 Å². The van der Waals surface area contributed by atoms with E-state index >= 15 is 0 Å². The van der Waals surface area contributed by atoms with Crippen molar-refractivity contribution in [1.29, 1.82) is 0 Å². The van der Waals surface area contributed by atoms with Crippen molar-refractivity contribution in [3.8, 4) is 12.3 Å². The van der Waals surface area contributed by atoms with Gasteiger partial charge in [-0.25, -0.2) is 9.79 Å². The molecular formula is C15H24N2O3. The zero-order valence-corrected chi connectivity index (χ0v) is 13.2. The highest BCUT2D eigenvalue weighted by Gasteiger charge is 2.37. The summed E-state index contributed by atoms with van der Waals surface area (Å²) in [6, 6.07) is 0. The number of alkyl carbamates (subject to hydrolysis) is 1. The van der Waals surface area contributed by atoms with E-state index in [1.807, 2.05) is 0 Å². The lowest BCUT2D eigenvalue weighted by Gasteiger charge is -2.33. The number of nitrogens with one attached hydrogen (secondary N) is 1. The Balaban J connectivity index is 4.97. The molecule has 0 heterocycles. The van der Waals surface area contributed by atoms with E-state index in [9.17, 15) is 9.59 Å². The number of rotatable bonds is 4. The Kier molecular flexibility index (Phi) is 5.53. The van der Waals surface area contributed by atoms with Crippen LogP contribution in [0.4, 0.5) is 4.79 Å². The van der Waals surface area contributed by atoms with Gasteiger partial charge in [0, 0.05) is 5.41 Å². The Morgan fingerprint density at radius 2 is 1.75 bits per heavy atom. The second kappa shape index (κ2) is 6.08. The number of carbonyl (C=O) groups is 2. The molecule has 0 aromatic carbocycles. The van der Waals surface area contributed by atoms with E-state index in [1.165, 1.54) is 0 Å². The van der Waals surface area contributed by atoms with Crippen molar-refractivity contribution < 1.29 is 14.3 Å². The molecule has 0 aromatic rings. The van der Waals surface area contributed by atoms with Gasteiger partial charge in [-0.3, -0.25) is 4.79 Å². The van der Waals surface area contributed by atoms with Crippen molar-refractivity contribution >= 4 is 18.7 Å². The van der Waals surface area contributed by atoms with E-state index in [-0.39, 0.29) is 12.3 Å². The van der Waals surface area contributed by atoms with Crippen molar-refractivity contribution in [2.45, 2.75) is 59.1 Å². The molecule has 0 aliphatic carbocycles. The minimum Gasteiger partial charge on any atom is -0.444 e. The maximum Gasteiger partial charge on any atom is 0.408 e. The second-order valence-electron chi connectivity index (χ2n) is 6.63. The Morgan fingerprint density at radius 1 is 1.25 bits per heavy atom. The van der Waals surface area contributed by atoms with Crippen LogP contribution in [0.15, 0.2) is 4.99 Å². The third-order valence-corrected chi connectivity index (χ3v) is 2.61. The highest BCUT2D eigenvalue weighted by atomic mass is 16.6. The van der Waals surface area contributed by atoms with Crippen LogP contribution in [0.2, 0.25) is 0 Å². The standard InChI is InChI=1S/C15H24N2O3/c1-9-15(7,10-14(5,6)11(18)16-8)17-12(19)20-13(2,3)4/h1H,8,10H2,2-7H3,(H,17,19). The summed E-state index contributed by atoms with van der Waals surface area (Å²) in [5.74, 6) is 2.13. The number of amides is 2. The van der Waals surface area contributed by atoms with E-state index in [0.717, 1.165) is 0 Å². The van der Waals surface area contributed by atoms with Crippen LogP contribution in [-0.4, -0.2) is 29.9 Å². The topological polar surface area (TPSA) is 67.8 Å². The average molecular weight is 280 g/mol. The van der Waals surface area contributed by atoms with E-state index in [1.54, 1.807) is 41.5 Å². The van der Waals surface area contributed by atoms with Crippen LogP contribution in [-0.2, 0) is 9.53 Å². The second-order valence-corrected chi connectivity index (χ2v) is 6.63. The number of carbonyl (C=O) groups excluding carboxylic acids is 2. The van der Waals surface area contributed by atoms with Crippen LogP contribution in [0.5, 0.6) is 0 Å². The molecule has 0 fully saturated rings. The molecule has 0 spiro atoms. The fourth-order valence-electron chi connectivity index (χ4n) is 1.83. The molecule has 0 saturated heterocycles. The van der Waals surface area contributed by atoms with Crippen LogP contribution < -0.4 is 5.32 Å². The molecule has 5 nitrogen and oxygen atoms in total. The first-order valence-corrected chi connectivity index (χ1v) is 6.35. The fourth-order valence-corrected chi connectivity index (χ4v) is 1.83. The predicted molar refractivity (Wildman–Crippen MR) is 79.6 cm³/mol. The summed E-state index contributed by atoms with van der Waals surface area (Å²) in [5, 5.41) is 2.62. The van der Waals surface area contributed by atoms with Crippen molar-refractivity contribution in [2.24, 2.45) is 10.4 Å². The van der Waals surface area contributed by atoms with Gasteiger partial charge in [-0.2, -0.15) is 0 Å². The van der Waals surface area contributed by atoms with Crippen molar-refractivity contribution in [3.63, 3.8) is 0 Å². The molecule has 0 aromatic heterocycles. The van der Waals surface area contributed by atoms with Crippen molar-refractivity contribution in [1.82, 2.24) is 5.32 Å². The molecule has 112 valence electrons. The Labute approximate surface area is 121 Å². The molecule has 0 rings (SSSR count). The summed E-state index contributed by atoms with van der Waals surface area (Å²) in [6.07, 6.45) is 5.10. The third kappa shape index (κ3) is 5.87. The van der Waals surface area contributed by atoms with Gasteiger partial charge in [0.05, 0.1) is 0 Å². The van der Waals surface area contributed by atoms with Gasteiger partial charge in [-0.1, -0.05) is 19.8 Å². The maximum atomic E-state index is 11.8. The average Bonchev–Trinajstić information content (AvgIpc) is 2.24. The minimum absolute atomic E-state index is 0.230. The summed E-state index contributed by atoms with van der Waals surface area (Å²) in [4.78, 5) is 26.9. The minimum atomic E-state index is -1.01. The molecule has 2 amide bonds. The SMILES string of the molecule is C#CC(C)(CC(C)(C)C(=O)N=C)NC(=O)OC(C)(C)C. The number of nitrogens with zero attached hydrogens (tertiary/aromatic N) is 1. The number of aliphatic imine (C=N–C) groups is 1. The first-order valence-electron chi connectivity index (χ1n) is 6.35. The van der Waals surface area contributed by atoms with Gasteiger partial charge >= 0.3 is 6.09 Å². The largest absolute Gasteiger partial charge is 0.444 e. The number of hydrogen-bond acceptors (Lipinski definition) is 3. The van der Waals surface area contributed by atoms with Crippen LogP contribution in [0.1, 0.15) is 48.0 Å². The Morgan fingerprint density at radius 3 is 2.10 bits per heavy atom.